The van der Waals surface area contributed by atoms with Crippen molar-refractivity contribution in [2.75, 3.05) is 39.8 Å². The van der Waals surface area contributed by atoms with Gasteiger partial charge in [0.2, 0.25) is 0 Å². The number of likely N-dealkylation sites (N-methyl/N-ethyl adjacent to an activating group) is 1. The third-order valence-corrected chi connectivity index (χ3v) is 5.64. The molecule has 1 saturated heterocycles. The van der Waals surface area contributed by atoms with Gasteiger partial charge < -0.3 is 10.2 Å². The SMILES string of the molecule is CN1CCN(CCCNC(=O)c2cc(F)c(Cl)cc2Cl)C(c2ccccc2)C1. The Morgan fingerprint density at radius 2 is 1.93 bits per heavy atom. The Morgan fingerprint density at radius 3 is 2.68 bits per heavy atom. The third-order valence-electron chi connectivity index (χ3n) is 5.04. The first-order chi connectivity index (χ1) is 13.5. The van der Waals surface area contributed by atoms with E-state index in [-0.39, 0.29) is 15.6 Å². The standard InChI is InChI=1S/C21H24Cl2FN3O/c1-26-10-11-27(20(14-26)15-6-3-2-4-7-15)9-5-8-25-21(28)16-12-19(24)18(23)13-17(16)22/h2-4,6-7,12-13,20H,5,8-11,14H2,1H3,(H,25,28). The van der Waals surface area contributed by atoms with Crippen molar-refractivity contribution in [3.05, 3.63) is 69.5 Å². The average molecular weight is 424 g/mol. The minimum Gasteiger partial charge on any atom is -0.352 e. The fourth-order valence-corrected chi connectivity index (χ4v) is 3.96. The van der Waals surface area contributed by atoms with Crippen LogP contribution in [0.2, 0.25) is 10.0 Å². The highest BCUT2D eigenvalue weighted by Crippen LogP contribution is 2.25. The van der Waals surface area contributed by atoms with Gasteiger partial charge in [-0.3, -0.25) is 9.69 Å². The smallest absolute Gasteiger partial charge is 0.252 e. The van der Waals surface area contributed by atoms with Crippen molar-refractivity contribution in [1.29, 1.82) is 0 Å². The molecule has 0 aliphatic carbocycles. The molecule has 0 spiro atoms. The average Bonchev–Trinajstić information content (AvgIpc) is 2.69. The van der Waals surface area contributed by atoms with Crippen molar-refractivity contribution < 1.29 is 9.18 Å². The van der Waals surface area contributed by atoms with Crippen LogP contribution in [-0.2, 0) is 0 Å². The summed E-state index contributed by atoms with van der Waals surface area (Å²) in [5.41, 5.74) is 1.41. The van der Waals surface area contributed by atoms with Crippen molar-refractivity contribution in [2.45, 2.75) is 12.5 Å². The number of rotatable bonds is 6. The van der Waals surface area contributed by atoms with E-state index < -0.39 is 11.7 Å². The second kappa shape index (κ2) is 9.70. The zero-order valence-corrected chi connectivity index (χ0v) is 17.3. The van der Waals surface area contributed by atoms with Gasteiger partial charge in [0, 0.05) is 38.8 Å². The van der Waals surface area contributed by atoms with Crippen LogP contribution in [0.15, 0.2) is 42.5 Å². The van der Waals surface area contributed by atoms with Gasteiger partial charge in [-0.1, -0.05) is 53.5 Å². The Morgan fingerprint density at radius 1 is 1.18 bits per heavy atom. The van der Waals surface area contributed by atoms with Gasteiger partial charge in [-0.2, -0.15) is 0 Å². The number of carbonyl (C=O) groups is 1. The molecule has 1 unspecified atom stereocenters. The van der Waals surface area contributed by atoms with E-state index in [2.05, 4.69) is 46.4 Å². The Kier molecular flexibility index (Phi) is 7.30. The van der Waals surface area contributed by atoms with Gasteiger partial charge in [0.15, 0.2) is 0 Å². The molecule has 0 aromatic heterocycles. The molecule has 1 atom stereocenters. The quantitative estimate of drug-likeness (QED) is 0.557. The topological polar surface area (TPSA) is 35.6 Å². The Hall–Kier alpha value is -1.66. The van der Waals surface area contributed by atoms with E-state index in [0.717, 1.165) is 38.7 Å². The van der Waals surface area contributed by atoms with Crippen LogP contribution in [-0.4, -0.2) is 55.5 Å². The summed E-state index contributed by atoms with van der Waals surface area (Å²) >= 11 is 11.7. The summed E-state index contributed by atoms with van der Waals surface area (Å²) in [4.78, 5) is 17.1. The number of nitrogens with zero attached hydrogens (tertiary/aromatic N) is 2. The van der Waals surface area contributed by atoms with E-state index in [1.54, 1.807) is 0 Å². The minimum atomic E-state index is -0.653. The van der Waals surface area contributed by atoms with E-state index in [0.29, 0.717) is 12.6 Å². The summed E-state index contributed by atoms with van der Waals surface area (Å²) in [6.45, 7) is 4.35. The number of benzene rings is 2. The van der Waals surface area contributed by atoms with Gasteiger partial charge in [-0.15, -0.1) is 0 Å². The molecule has 1 amide bonds. The van der Waals surface area contributed by atoms with Crippen LogP contribution >= 0.6 is 23.2 Å². The normalized spacial score (nSPS) is 18.2. The zero-order valence-electron chi connectivity index (χ0n) is 15.8. The maximum absolute atomic E-state index is 13.6. The first-order valence-corrected chi connectivity index (χ1v) is 10.1. The predicted molar refractivity (Wildman–Crippen MR) is 112 cm³/mol. The maximum atomic E-state index is 13.6. The molecule has 150 valence electrons. The maximum Gasteiger partial charge on any atom is 0.252 e. The lowest BCUT2D eigenvalue weighted by Crippen LogP contribution is -2.47. The van der Waals surface area contributed by atoms with Crippen molar-refractivity contribution in [1.82, 2.24) is 15.1 Å². The number of amides is 1. The van der Waals surface area contributed by atoms with E-state index in [1.807, 2.05) is 6.07 Å². The third kappa shape index (κ3) is 5.23. The summed E-state index contributed by atoms with van der Waals surface area (Å²) in [7, 11) is 2.14. The van der Waals surface area contributed by atoms with Gasteiger partial charge in [0.1, 0.15) is 5.82 Å². The molecule has 1 aliphatic heterocycles. The Bertz CT molecular complexity index is 819. The molecule has 1 aliphatic rings. The second-order valence-corrected chi connectivity index (χ2v) is 7.89. The van der Waals surface area contributed by atoms with Crippen LogP contribution in [0.1, 0.15) is 28.4 Å². The molecule has 1 fully saturated rings. The molecule has 7 heteroatoms. The molecule has 0 radical (unpaired) electrons. The van der Waals surface area contributed by atoms with Crippen LogP contribution in [0.25, 0.3) is 0 Å². The molecule has 4 nitrogen and oxygen atoms in total. The van der Waals surface area contributed by atoms with Crippen molar-refractivity contribution in [2.24, 2.45) is 0 Å². The van der Waals surface area contributed by atoms with E-state index in [1.165, 1.54) is 11.6 Å². The molecule has 0 saturated carbocycles. The van der Waals surface area contributed by atoms with Gasteiger partial charge >= 0.3 is 0 Å². The Labute approximate surface area is 175 Å². The van der Waals surface area contributed by atoms with Crippen LogP contribution in [0.5, 0.6) is 0 Å². The van der Waals surface area contributed by atoms with Gasteiger partial charge in [-0.05, 0) is 31.2 Å². The van der Waals surface area contributed by atoms with Crippen molar-refractivity contribution in [3.8, 4) is 0 Å². The summed E-state index contributed by atoms with van der Waals surface area (Å²) in [5.74, 6) is -1.04. The highest BCUT2D eigenvalue weighted by Gasteiger charge is 2.26. The minimum absolute atomic E-state index is 0.0939. The number of nitrogens with one attached hydrogen (secondary N) is 1. The fourth-order valence-electron chi connectivity index (χ4n) is 3.49. The largest absolute Gasteiger partial charge is 0.352 e. The predicted octanol–water partition coefficient (Wildman–Crippen LogP) is 4.24. The number of halogens is 3. The lowest BCUT2D eigenvalue weighted by molar-refractivity contribution is 0.0865. The monoisotopic (exact) mass is 423 g/mol. The summed E-state index contributed by atoms with van der Waals surface area (Å²) in [6, 6.07) is 13.2. The van der Waals surface area contributed by atoms with Crippen molar-refractivity contribution >= 4 is 29.1 Å². The van der Waals surface area contributed by atoms with Crippen LogP contribution in [0.4, 0.5) is 4.39 Å². The first kappa shape index (κ1) is 21.1. The fraction of sp³-hybridized carbons (Fsp3) is 0.381. The molecule has 0 bridgehead atoms. The highest BCUT2D eigenvalue weighted by atomic mass is 35.5. The number of hydrogen-bond acceptors (Lipinski definition) is 3. The molecule has 1 N–H and O–H groups in total. The molecular formula is C21H24Cl2FN3O. The number of piperazine rings is 1. The summed E-state index contributed by atoms with van der Waals surface area (Å²) in [6.07, 6.45) is 0.798. The van der Waals surface area contributed by atoms with Crippen LogP contribution < -0.4 is 5.32 Å². The molecule has 28 heavy (non-hydrogen) atoms. The summed E-state index contributed by atoms with van der Waals surface area (Å²) in [5, 5.41) is 2.87. The van der Waals surface area contributed by atoms with Crippen LogP contribution in [0, 0.1) is 5.82 Å². The van der Waals surface area contributed by atoms with Gasteiger partial charge in [0.25, 0.3) is 5.91 Å². The van der Waals surface area contributed by atoms with Crippen LogP contribution in [0.3, 0.4) is 0 Å². The highest BCUT2D eigenvalue weighted by molar-refractivity contribution is 6.36. The second-order valence-electron chi connectivity index (χ2n) is 7.08. The Balaban J connectivity index is 1.54. The number of hydrogen-bond donors (Lipinski definition) is 1. The first-order valence-electron chi connectivity index (χ1n) is 9.36. The zero-order chi connectivity index (χ0) is 20.1. The molecule has 2 aromatic carbocycles. The molecular weight excluding hydrogens is 400 g/mol. The van der Waals surface area contributed by atoms with E-state index in [4.69, 9.17) is 23.2 Å². The number of carbonyl (C=O) groups excluding carboxylic acids is 1. The molecule has 3 rings (SSSR count). The van der Waals surface area contributed by atoms with E-state index >= 15 is 0 Å². The lowest BCUT2D eigenvalue weighted by Gasteiger charge is -2.40. The van der Waals surface area contributed by atoms with Gasteiger partial charge in [0.05, 0.1) is 15.6 Å². The van der Waals surface area contributed by atoms with E-state index in [9.17, 15) is 9.18 Å². The van der Waals surface area contributed by atoms with Gasteiger partial charge in [-0.25, -0.2) is 4.39 Å². The molecule has 1 heterocycles. The molecule has 2 aromatic rings. The summed E-state index contributed by atoms with van der Waals surface area (Å²) < 4.78 is 13.6. The van der Waals surface area contributed by atoms with Crippen molar-refractivity contribution in [3.63, 3.8) is 0 Å². The lowest BCUT2D eigenvalue weighted by atomic mass is 10.0.